The topological polar surface area (TPSA) is 85.3 Å². The molecular weight excluding hydrogens is 296 g/mol. The Morgan fingerprint density at radius 3 is 2.60 bits per heavy atom. The first-order valence-electron chi connectivity index (χ1n) is 6.20. The van der Waals surface area contributed by atoms with Gasteiger partial charge in [0.1, 0.15) is 11.5 Å². The van der Waals surface area contributed by atoms with Gasteiger partial charge in [0.05, 0.1) is 4.90 Å². The maximum absolute atomic E-state index is 12.3. The van der Waals surface area contributed by atoms with Crippen LogP contribution in [0, 0.1) is 13.8 Å². The first-order valence-corrected chi connectivity index (χ1v) is 8.56. The highest BCUT2D eigenvalue weighted by molar-refractivity contribution is 7.89. The van der Waals surface area contributed by atoms with E-state index in [1.807, 2.05) is 19.9 Å². The summed E-state index contributed by atoms with van der Waals surface area (Å²) in [7, 11) is -3.54. The minimum Gasteiger partial charge on any atom is -0.466 e. The fraction of sp³-hybridized carbons (Fsp3) is 0.385. The quantitative estimate of drug-likeness (QED) is 0.887. The van der Waals surface area contributed by atoms with Crippen LogP contribution in [-0.2, 0) is 16.6 Å². The maximum atomic E-state index is 12.3. The van der Waals surface area contributed by atoms with Crippen LogP contribution < -0.4 is 10.5 Å². The lowest BCUT2D eigenvalue weighted by Crippen LogP contribution is -2.26. The van der Waals surface area contributed by atoms with Gasteiger partial charge in [-0.1, -0.05) is 0 Å². The minimum absolute atomic E-state index is 0.257. The van der Waals surface area contributed by atoms with Crippen molar-refractivity contribution in [2.45, 2.75) is 38.3 Å². The van der Waals surface area contributed by atoms with Gasteiger partial charge in [-0.25, -0.2) is 13.1 Å². The molecule has 0 radical (unpaired) electrons. The third-order valence-corrected chi connectivity index (χ3v) is 5.65. The van der Waals surface area contributed by atoms with Gasteiger partial charge >= 0.3 is 0 Å². The third kappa shape index (κ3) is 3.12. The van der Waals surface area contributed by atoms with E-state index >= 15 is 0 Å². The highest BCUT2D eigenvalue weighted by Crippen LogP contribution is 2.24. The fourth-order valence-electron chi connectivity index (χ4n) is 2.05. The van der Waals surface area contributed by atoms with Crippen molar-refractivity contribution in [3.8, 4) is 0 Å². The Morgan fingerprint density at radius 2 is 2.10 bits per heavy atom. The SMILES string of the molecule is Cc1cc(C(C)NS(=O)(=O)c2csc(CN)c2)c(C)o1. The summed E-state index contributed by atoms with van der Waals surface area (Å²) in [5.74, 6) is 1.50. The standard InChI is InChI=1S/C13H18N2O3S2/c1-8-4-13(10(3)18-8)9(2)15-20(16,17)12-5-11(6-14)19-7-12/h4-5,7,9,15H,6,14H2,1-3H3. The predicted molar refractivity (Wildman–Crippen MR) is 79.1 cm³/mol. The monoisotopic (exact) mass is 314 g/mol. The molecule has 0 saturated carbocycles. The smallest absolute Gasteiger partial charge is 0.241 e. The normalized spacial score (nSPS) is 13.6. The first-order chi connectivity index (χ1) is 9.33. The molecule has 110 valence electrons. The summed E-state index contributed by atoms with van der Waals surface area (Å²) >= 11 is 1.34. The largest absolute Gasteiger partial charge is 0.466 e. The summed E-state index contributed by atoms with van der Waals surface area (Å²) < 4.78 is 32.7. The molecule has 0 saturated heterocycles. The average Bonchev–Trinajstić information content (AvgIpc) is 2.95. The van der Waals surface area contributed by atoms with E-state index in [0.717, 1.165) is 22.0 Å². The number of nitrogens with one attached hydrogen (secondary N) is 1. The molecule has 0 bridgehead atoms. The van der Waals surface area contributed by atoms with Gasteiger partial charge in [0.25, 0.3) is 0 Å². The lowest BCUT2D eigenvalue weighted by molar-refractivity contribution is 0.496. The van der Waals surface area contributed by atoms with Gasteiger partial charge < -0.3 is 10.2 Å². The number of nitrogens with two attached hydrogens (primary N) is 1. The number of hydrogen-bond donors (Lipinski definition) is 2. The molecule has 5 nitrogen and oxygen atoms in total. The van der Waals surface area contributed by atoms with Gasteiger partial charge in [-0.05, 0) is 32.9 Å². The van der Waals surface area contributed by atoms with Crippen LogP contribution in [0.1, 0.15) is 34.9 Å². The van der Waals surface area contributed by atoms with Crippen molar-refractivity contribution < 1.29 is 12.8 Å². The van der Waals surface area contributed by atoms with Gasteiger partial charge in [-0.3, -0.25) is 0 Å². The fourth-order valence-corrected chi connectivity index (χ4v) is 4.43. The molecule has 0 aliphatic rings. The third-order valence-electron chi connectivity index (χ3n) is 3.02. The highest BCUT2D eigenvalue weighted by Gasteiger charge is 2.22. The molecule has 0 fully saturated rings. The lowest BCUT2D eigenvalue weighted by Gasteiger charge is -2.12. The Bertz CT molecular complexity index is 701. The molecule has 0 aromatic carbocycles. The van der Waals surface area contributed by atoms with Crippen molar-refractivity contribution in [2.75, 3.05) is 0 Å². The first kappa shape index (κ1) is 15.2. The van der Waals surface area contributed by atoms with Crippen LogP contribution in [0.4, 0.5) is 0 Å². The molecule has 1 unspecified atom stereocenters. The number of thiophene rings is 1. The predicted octanol–water partition coefficient (Wildman–Crippen LogP) is 2.46. The second-order valence-corrected chi connectivity index (χ2v) is 7.37. The lowest BCUT2D eigenvalue weighted by atomic mass is 10.1. The van der Waals surface area contributed by atoms with Crippen molar-refractivity contribution in [1.29, 1.82) is 0 Å². The minimum atomic E-state index is -3.54. The van der Waals surface area contributed by atoms with Crippen molar-refractivity contribution in [2.24, 2.45) is 5.73 Å². The van der Waals surface area contributed by atoms with Crippen molar-refractivity contribution in [1.82, 2.24) is 4.72 Å². The summed E-state index contributed by atoms with van der Waals surface area (Å²) in [6.45, 7) is 5.80. The van der Waals surface area contributed by atoms with E-state index < -0.39 is 10.0 Å². The summed E-state index contributed by atoms with van der Waals surface area (Å²) in [4.78, 5) is 1.10. The van der Waals surface area contributed by atoms with E-state index in [4.69, 9.17) is 10.2 Å². The molecule has 3 N–H and O–H groups in total. The van der Waals surface area contributed by atoms with E-state index in [0.29, 0.717) is 6.54 Å². The van der Waals surface area contributed by atoms with E-state index in [2.05, 4.69) is 4.72 Å². The highest BCUT2D eigenvalue weighted by atomic mass is 32.2. The van der Waals surface area contributed by atoms with Crippen LogP contribution in [0.25, 0.3) is 0 Å². The Morgan fingerprint density at radius 1 is 1.40 bits per heavy atom. The average molecular weight is 314 g/mol. The molecule has 2 heterocycles. The van der Waals surface area contributed by atoms with Gasteiger partial charge in [0.15, 0.2) is 0 Å². The molecule has 2 aromatic heterocycles. The van der Waals surface area contributed by atoms with Crippen LogP contribution in [0.5, 0.6) is 0 Å². The number of sulfonamides is 1. The number of aryl methyl sites for hydroxylation is 2. The molecule has 0 aliphatic heterocycles. The van der Waals surface area contributed by atoms with Crippen molar-refractivity contribution >= 4 is 21.4 Å². The Balaban J connectivity index is 2.21. The summed E-state index contributed by atoms with van der Waals surface area (Å²) in [6, 6.07) is 3.10. The van der Waals surface area contributed by atoms with E-state index in [-0.39, 0.29) is 10.9 Å². The molecule has 0 aliphatic carbocycles. The van der Waals surface area contributed by atoms with Crippen LogP contribution in [0.15, 0.2) is 26.8 Å². The maximum Gasteiger partial charge on any atom is 0.241 e. The van der Waals surface area contributed by atoms with Crippen LogP contribution in [-0.4, -0.2) is 8.42 Å². The Hall–Kier alpha value is -1.15. The van der Waals surface area contributed by atoms with Crippen molar-refractivity contribution in [3.05, 3.63) is 39.5 Å². The zero-order chi connectivity index (χ0) is 14.9. The summed E-state index contributed by atoms with van der Waals surface area (Å²) in [5, 5.41) is 1.60. The van der Waals surface area contributed by atoms with Crippen LogP contribution >= 0.6 is 11.3 Å². The molecule has 0 spiro atoms. The summed E-state index contributed by atoms with van der Waals surface area (Å²) in [6.07, 6.45) is 0. The second-order valence-electron chi connectivity index (χ2n) is 4.66. The number of rotatable bonds is 5. The Labute approximate surface area is 122 Å². The van der Waals surface area contributed by atoms with E-state index in [9.17, 15) is 8.42 Å². The molecule has 0 amide bonds. The number of furan rings is 1. The van der Waals surface area contributed by atoms with E-state index in [1.54, 1.807) is 18.4 Å². The molecule has 7 heteroatoms. The Kier molecular flexibility index (Phi) is 4.33. The van der Waals surface area contributed by atoms with Crippen LogP contribution in [0.3, 0.4) is 0 Å². The molecule has 2 aromatic rings. The molecule has 2 rings (SSSR count). The van der Waals surface area contributed by atoms with E-state index in [1.165, 1.54) is 11.3 Å². The van der Waals surface area contributed by atoms with Gasteiger partial charge in [-0.15, -0.1) is 11.3 Å². The molecule has 20 heavy (non-hydrogen) atoms. The van der Waals surface area contributed by atoms with Gasteiger partial charge in [0, 0.05) is 28.4 Å². The second kappa shape index (κ2) is 5.69. The summed E-state index contributed by atoms with van der Waals surface area (Å²) in [5.41, 5.74) is 6.35. The zero-order valence-electron chi connectivity index (χ0n) is 11.6. The zero-order valence-corrected chi connectivity index (χ0v) is 13.3. The van der Waals surface area contributed by atoms with Crippen LogP contribution in [0.2, 0.25) is 0 Å². The molecule has 1 atom stereocenters. The van der Waals surface area contributed by atoms with Gasteiger partial charge in [0.2, 0.25) is 10.0 Å². The van der Waals surface area contributed by atoms with Crippen molar-refractivity contribution in [3.63, 3.8) is 0 Å². The van der Waals surface area contributed by atoms with Gasteiger partial charge in [-0.2, -0.15) is 0 Å². The number of hydrogen-bond acceptors (Lipinski definition) is 5. The molecular formula is C13H18N2O3S2.